The normalized spacial score (nSPS) is 10.9. The van der Waals surface area contributed by atoms with Crippen molar-refractivity contribution in [1.29, 1.82) is 0 Å². The Morgan fingerprint density at radius 2 is 1.71 bits per heavy atom. The van der Waals surface area contributed by atoms with Crippen molar-refractivity contribution in [1.82, 2.24) is 14.5 Å². The van der Waals surface area contributed by atoms with Gasteiger partial charge in [0, 0.05) is 18.0 Å². The molecular weight excluding hydrogens is 298 g/mol. The number of fused-ring (bicyclic) bond motifs is 1. The van der Waals surface area contributed by atoms with Gasteiger partial charge in [-0.15, -0.1) is 0 Å². The minimum absolute atomic E-state index is 0.0752. The van der Waals surface area contributed by atoms with Crippen LogP contribution in [0.15, 0.2) is 77.9 Å². The van der Waals surface area contributed by atoms with Gasteiger partial charge in [0.15, 0.2) is 0 Å². The second kappa shape index (κ2) is 5.74. The van der Waals surface area contributed by atoms with E-state index in [4.69, 9.17) is 4.98 Å². The van der Waals surface area contributed by atoms with E-state index in [2.05, 4.69) is 4.98 Å². The molecule has 0 N–H and O–H groups in total. The average Bonchev–Trinajstić information content (AvgIpc) is 2.63. The molecule has 0 saturated heterocycles. The van der Waals surface area contributed by atoms with E-state index >= 15 is 0 Å². The summed E-state index contributed by atoms with van der Waals surface area (Å²) in [5, 5.41) is 0.605. The van der Waals surface area contributed by atoms with Gasteiger partial charge in [-0.05, 0) is 42.8 Å². The van der Waals surface area contributed by atoms with Gasteiger partial charge in [0.1, 0.15) is 5.82 Å². The standard InChI is InChI=1S/C20H15N3O/c1-14-7-2-5-11-18(14)23-19(15-8-6-12-21-13-15)22-17-10-4-3-9-16(17)20(23)24/h2-13H,1H3. The first-order valence-corrected chi connectivity index (χ1v) is 7.74. The Labute approximate surface area is 139 Å². The highest BCUT2D eigenvalue weighted by Gasteiger charge is 2.15. The molecule has 2 heterocycles. The molecule has 0 unspecified atom stereocenters. The Morgan fingerprint density at radius 3 is 2.50 bits per heavy atom. The summed E-state index contributed by atoms with van der Waals surface area (Å²) in [6, 6.07) is 19.0. The van der Waals surface area contributed by atoms with Crippen LogP contribution in [0.25, 0.3) is 28.0 Å². The Kier molecular flexibility index (Phi) is 3.43. The topological polar surface area (TPSA) is 47.8 Å². The maximum absolute atomic E-state index is 13.2. The predicted octanol–water partition coefficient (Wildman–Crippen LogP) is 3.76. The molecule has 2 aromatic carbocycles. The van der Waals surface area contributed by atoms with Crippen molar-refractivity contribution in [3.05, 3.63) is 89.0 Å². The summed E-state index contributed by atoms with van der Waals surface area (Å²) in [6.07, 6.45) is 3.44. The molecule has 0 aliphatic heterocycles. The quantitative estimate of drug-likeness (QED) is 0.566. The summed E-state index contributed by atoms with van der Waals surface area (Å²) in [6.45, 7) is 1.99. The number of hydrogen-bond acceptors (Lipinski definition) is 3. The molecule has 4 nitrogen and oxygen atoms in total. The summed E-state index contributed by atoms with van der Waals surface area (Å²) < 4.78 is 1.68. The highest BCUT2D eigenvalue weighted by Crippen LogP contribution is 2.22. The van der Waals surface area contributed by atoms with Crippen LogP contribution in [0, 0.1) is 6.92 Å². The highest BCUT2D eigenvalue weighted by molar-refractivity contribution is 5.80. The van der Waals surface area contributed by atoms with Crippen molar-refractivity contribution >= 4 is 10.9 Å². The summed E-state index contributed by atoms with van der Waals surface area (Å²) in [7, 11) is 0. The second-order valence-corrected chi connectivity index (χ2v) is 5.62. The maximum atomic E-state index is 13.2. The second-order valence-electron chi connectivity index (χ2n) is 5.62. The Bertz CT molecular complexity index is 1080. The molecule has 0 aliphatic rings. The van der Waals surface area contributed by atoms with Gasteiger partial charge in [0.2, 0.25) is 0 Å². The molecule has 0 spiro atoms. The molecule has 4 rings (SSSR count). The fourth-order valence-corrected chi connectivity index (χ4v) is 2.86. The van der Waals surface area contributed by atoms with Gasteiger partial charge in [-0.1, -0.05) is 30.3 Å². The van der Waals surface area contributed by atoms with Crippen molar-refractivity contribution in [2.24, 2.45) is 0 Å². The zero-order valence-corrected chi connectivity index (χ0v) is 13.2. The smallest absolute Gasteiger partial charge is 0.266 e. The third-order valence-electron chi connectivity index (χ3n) is 4.05. The molecule has 0 fully saturated rings. The molecule has 0 radical (unpaired) electrons. The van der Waals surface area contributed by atoms with E-state index in [0.29, 0.717) is 16.7 Å². The first-order valence-electron chi connectivity index (χ1n) is 7.74. The third kappa shape index (κ3) is 2.29. The van der Waals surface area contributed by atoms with E-state index in [0.717, 1.165) is 16.8 Å². The van der Waals surface area contributed by atoms with Crippen LogP contribution < -0.4 is 5.56 Å². The van der Waals surface area contributed by atoms with Crippen LogP contribution >= 0.6 is 0 Å². The molecular formula is C20H15N3O. The van der Waals surface area contributed by atoms with Crippen molar-refractivity contribution in [2.75, 3.05) is 0 Å². The van der Waals surface area contributed by atoms with Crippen molar-refractivity contribution in [3.8, 4) is 17.1 Å². The van der Waals surface area contributed by atoms with E-state index in [1.807, 2.05) is 67.6 Å². The fourth-order valence-electron chi connectivity index (χ4n) is 2.86. The summed E-state index contributed by atoms with van der Waals surface area (Å²) in [5.41, 5.74) is 3.27. The molecule has 4 aromatic rings. The summed E-state index contributed by atoms with van der Waals surface area (Å²) >= 11 is 0. The van der Waals surface area contributed by atoms with Crippen molar-refractivity contribution < 1.29 is 0 Å². The lowest BCUT2D eigenvalue weighted by molar-refractivity contribution is 0.963. The van der Waals surface area contributed by atoms with Crippen LogP contribution in [0.4, 0.5) is 0 Å². The van der Waals surface area contributed by atoms with Crippen molar-refractivity contribution in [2.45, 2.75) is 6.92 Å². The maximum Gasteiger partial charge on any atom is 0.266 e. The van der Waals surface area contributed by atoms with E-state index in [-0.39, 0.29) is 5.56 Å². The number of rotatable bonds is 2. The van der Waals surface area contributed by atoms with Crippen molar-refractivity contribution in [3.63, 3.8) is 0 Å². The minimum atomic E-state index is -0.0752. The summed E-state index contributed by atoms with van der Waals surface area (Å²) in [4.78, 5) is 22.1. The number of aromatic nitrogens is 3. The van der Waals surface area contributed by atoms with Gasteiger partial charge in [-0.3, -0.25) is 14.3 Å². The van der Waals surface area contributed by atoms with E-state index in [1.54, 1.807) is 17.0 Å². The number of nitrogens with zero attached hydrogens (tertiary/aromatic N) is 3. The lowest BCUT2D eigenvalue weighted by Crippen LogP contribution is -2.22. The van der Waals surface area contributed by atoms with E-state index in [1.165, 1.54) is 0 Å². The van der Waals surface area contributed by atoms with Gasteiger partial charge in [0.25, 0.3) is 5.56 Å². The van der Waals surface area contributed by atoms with Crippen LogP contribution in [0.2, 0.25) is 0 Å². The molecule has 0 atom stereocenters. The number of hydrogen-bond donors (Lipinski definition) is 0. The molecule has 0 amide bonds. The summed E-state index contributed by atoms with van der Waals surface area (Å²) in [5.74, 6) is 0.598. The number of pyridine rings is 1. The Morgan fingerprint density at radius 1 is 0.917 bits per heavy atom. The number of aryl methyl sites for hydroxylation is 1. The van der Waals surface area contributed by atoms with Crippen LogP contribution in [0.3, 0.4) is 0 Å². The average molecular weight is 313 g/mol. The molecule has 0 aliphatic carbocycles. The third-order valence-corrected chi connectivity index (χ3v) is 4.05. The SMILES string of the molecule is Cc1ccccc1-n1c(-c2cccnc2)nc2ccccc2c1=O. The predicted molar refractivity (Wildman–Crippen MR) is 95.3 cm³/mol. The first kappa shape index (κ1) is 14.3. The van der Waals surface area contributed by atoms with Gasteiger partial charge in [0.05, 0.1) is 16.6 Å². The molecule has 4 heteroatoms. The van der Waals surface area contributed by atoms with Crippen LogP contribution in [-0.4, -0.2) is 14.5 Å². The van der Waals surface area contributed by atoms with Gasteiger partial charge in [-0.25, -0.2) is 4.98 Å². The monoisotopic (exact) mass is 313 g/mol. The zero-order chi connectivity index (χ0) is 16.5. The molecule has 0 bridgehead atoms. The van der Waals surface area contributed by atoms with Crippen LogP contribution in [0.1, 0.15) is 5.56 Å². The van der Waals surface area contributed by atoms with Gasteiger partial charge < -0.3 is 0 Å². The Balaban J connectivity index is 2.16. The lowest BCUT2D eigenvalue weighted by Gasteiger charge is -2.15. The first-order chi connectivity index (χ1) is 11.8. The van der Waals surface area contributed by atoms with Crippen LogP contribution in [0.5, 0.6) is 0 Å². The van der Waals surface area contributed by atoms with E-state index < -0.39 is 0 Å². The molecule has 24 heavy (non-hydrogen) atoms. The number of para-hydroxylation sites is 2. The van der Waals surface area contributed by atoms with Gasteiger partial charge in [-0.2, -0.15) is 0 Å². The van der Waals surface area contributed by atoms with Gasteiger partial charge >= 0.3 is 0 Å². The molecule has 116 valence electrons. The highest BCUT2D eigenvalue weighted by atomic mass is 16.1. The molecule has 0 saturated carbocycles. The largest absolute Gasteiger partial charge is 0.268 e. The number of benzene rings is 2. The fraction of sp³-hybridized carbons (Fsp3) is 0.0500. The Hall–Kier alpha value is -3.27. The lowest BCUT2D eigenvalue weighted by atomic mass is 10.1. The van der Waals surface area contributed by atoms with E-state index in [9.17, 15) is 4.79 Å². The zero-order valence-electron chi connectivity index (χ0n) is 13.2. The molecule has 2 aromatic heterocycles. The minimum Gasteiger partial charge on any atom is -0.268 e. The van der Waals surface area contributed by atoms with Crippen LogP contribution in [-0.2, 0) is 0 Å².